The molecule has 1 fully saturated rings. The number of hydrogen-bond donors (Lipinski definition) is 0. The van der Waals surface area contributed by atoms with Gasteiger partial charge in [-0.1, -0.05) is 30.3 Å². The number of imide groups is 1. The molecule has 7 heteroatoms. The van der Waals surface area contributed by atoms with Gasteiger partial charge in [-0.25, -0.2) is 4.90 Å². The minimum absolute atomic E-state index is 0.310. The van der Waals surface area contributed by atoms with Crippen molar-refractivity contribution in [3.05, 3.63) is 59.8 Å². The van der Waals surface area contributed by atoms with E-state index in [1.165, 1.54) is 12.0 Å². The third-order valence-electron chi connectivity index (χ3n) is 5.57. The summed E-state index contributed by atoms with van der Waals surface area (Å²) in [6, 6.07) is 14.4. The number of amides is 2. The first-order chi connectivity index (χ1) is 14.5. The molecule has 0 aromatic heterocycles. The summed E-state index contributed by atoms with van der Waals surface area (Å²) in [5.74, 6) is 0.365. The summed E-state index contributed by atoms with van der Waals surface area (Å²) in [6.07, 6.45) is 0. The van der Waals surface area contributed by atoms with Gasteiger partial charge in [0.2, 0.25) is 0 Å². The average molecular weight is 407 g/mol. The van der Waals surface area contributed by atoms with Crippen molar-refractivity contribution in [1.29, 1.82) is 0 Å². The minimum Gasteiger partial charge on any atom is -0.493 e. The standard InChI is InChI=1S/C23H25N3O4/c1-24-11-13-25(14-12-24)21-20(16-7-5-4-6-8-16)22(27)26(23(21)28)17-9-10-18(29-2)19(15-17)30-3/h4-10,15H,11-14H2,1-3H3. The number of likely N-dealkylation sites (N-methyl/N-ethyl adjacent to an activating group) is 1. The second kappa shape index (κ2) is 8.20. The van der Waals surface area contributed by atoms with Gasteiger partial charge in [-0.15, -0.1) is 0 Å². The molecule has 2 heterocycles. The van der Waals surface area contributed by atoms with E-state index in [4.69, 9.17) is 9.47 Å². The van der Waals surface area contributed by atoms with Gasteiger partial charge in [0.05, 0.1) is 25.5 Å². The maximum absolute atomic E-state index is 13.6. The molecule has 2 aliphatic rings. The lowest BCUT2D eigenvalue weighted by atomic mass is 10.0. The van der Waals surface area contributed by atoms with E-state index in [1.807, 2.05) is 35.2 Å². The quantitative estimate of drug-likeness (QED) is 0.709. The Balaban J connectivity index is 1.79. The van der Waals surface area contributed by atoms with Crippen LogP contribution in [0.25, 0.3) is 5.57 Å². The topological polar surface area (TPSA) is 62.3 Å². The smallest absolute Gasteiger partial charge is 0.282 e. The number of nitrogens with zero attached hydrogens (tertiary/aromatic N) is 3. The Bertz CT molecular complexity index is 995. The van der Waals surface area contributed by atoms with Crippen LogP contribution in [0, 0.1) is 0 Å². The third-order valence-corrected chi connectivity index (χ3v) is 5.57. The van der Waals surface area contributed by atoms with Crippen molar-refractivity contribution in [1.82, 2.24) is 9.80 Å². The number of carbonyl (C=O) groups is 2. The molecule has 0 saturated carbocycles. The number of benzene rings is 2. The van der Waals surface area contributed by atoms with E-state index in [0.29, 0.717) is 41.5 Å². The Morgan fingerprint density at radius 2 is 1.47 bits per heavy atom. The van der Waals surface area contributed by atoms with E-state index in [-0.39, 0.29) is 11.8 Å². The maximum atomic E-state index is 13.6. The largest absolute Gasteiger partial charge is 0.493 e. The van der Waals surface area contributed by atoms with Crippen molar-refractivity contribution in [2.75, 3.05) is 52.3 Å². The van der Waals surface area contributed by atoms with Gasteiger partial charge in [0, 0.05) is 32.2 Å². The molecule has 2 amide bonds. The summed E-state index contributed by atoms with van der Waals surface area (Å²) in [6.45, 7) is 3.06. The van der Waals surface area contributed by atoms with Crippen LogP contribution in [0.4, 0.5) is 5.69 Å². The first-order valence-electron chi connectivity index (χ1n) is 9.89. The molecular weight excluding hydrogens is 382 g/mol. The van der Waals surface area contributed by atoms with Crippen molar-refractivity contribution < 1.29 is 19.1 Å². The molecular formula is C23H25N3O4. The van der Waals surface area contributed by atoms with E-state index < -0.39 is 0 Å². The molecule has 0 spiro atoms. The highest BCUT2D eigenvalue weighted by Crippen LogP contribution is 2.38. The van der Waals surface area contributed by atoms with Gasteiger partial charge in [0.1, 0.15) is 5.70 Å². The highest BCUT2D eigenvalue weighted by atomic mass is 16.5. The lowest BCUT2D eigenvalue weighted by molar-refractivity contribution is -0.120. The molecule has 0 unspecified atom stereocenters. The van der Waals surface area contributed by atoms with E-state index >= 15 is 0 Å². The van der Waals surface area contributed by atoms with Gasteiger partial charge in [0.15, 0.2) is 11.5 Å². The number of ether oxygens (including phenoxy) is 2. The summed E-state index contributed by atoms with van der Waals surface area (Å²) in [7, 11) is 5.13. The zero-order valence-electron chi connectivity index (χ0n) is 17.4. The van der Waals surface area contributed by atoms with Gasteiger partial charge in [0.25, 0.3) is 11.8 Å². The summed E-state index contributed by atoms with van der Waals surface area (Å²) in [4.78, 5) is 32.6. The number of anilines is 1. The first kappa shape index (κ1) is 20.0. The molecule has 1 saturated heterocycles. The monoisotopic (exact) mass is 407 g/mol. The summed E-state index contributed by atoms with van der Waals surface area (Å²) < 4.78 is 10.7. The highest BCUT2D eigenvalue weighted by molar-refractivity contribution is 6.45. The van der Waals surface area contributed by atoms with Gasteiger partial charge in [-0.05, 0) is 24.7 Å². The molecule has 0 bridgehead atoms. The molecule has 4 rings (SSSR count). The maximum Gasteiger partial charge on any atom is 0.282 e. The Labute approximate surface area is 176 Å². The van der Waals surface area contributed by atoms with Gasteiger partial charge in [-0.3, -0.25) is 9.59 Å². The van der Waals surface area contributed by atoms with Crippen LogP contribution in [-0.2, 0) is 9.59 Å². The number of hydrogen-bond acceptors (Lipinski definition) is 6. The van der Waals surface area contributed by atoms with Gasteiger partial charge < -0.3 is 19.3 Å². The van der Waals surface area contributed by atoms with Crippen molar-refractivity contribution >= 4 is 23.1 Å². The first-order valence-corrected chi connectivity index (χ1v) is 9.89. The Kier molecular flexibility index (Phi) is 5.46. The molecule has 2 aromatic carbocycles. The summed E-state index contributed by atoms with van der Waals surface area (Å²) in [5.41, 5.74) is 2.11. The highest BCUT2D eigenvalue weighted by Gasteiger charge is 2.43. The zero-order valence-corrected chi connectivity index (χ0v) is 17.4. The second-order valence-electron chi connectivity index (χ2n) is 7.36. The van der Waals surface area contributed by atoms with Crippen LogP contribution in [-0.4, -0.2) is 69.1 Å². The van der Waals surface area contributed by atoms with Crippen molar-refractivity contribution in [3.8, 4) is 11.5 Å². The van der Waals surface area contributed by atoms with Crippen LogP contribution in [0.2, 0.25) is 0 Å². The summed E-state index contributed by atoms with van der Waals surface area (Å²) >= 11 is 0. The van der Waals surface area contributed by atoms with Crippen molar-refractivity contribution in [2.24, 2.45) is 0 Å². The van der Waals surface area contributed by atoms with Crippen LogP contribution in [0.3, 0.4) is 0 Å². The van der Waals surface area contributed by atoms with Crippen LogP contribution in [0.5, 0.6) is 11.5 Å². The zero-order chi connectivity index (χ0) is 21.3. The van der Waals surface area contributed by atoms with E-state index in [9.17, 15) is 9.59 Å². The van der Waals surface area contributed by atoms with Gasteiger partial charge in [-0.2, -0.15) is 0 Å². The lowest BCUT2D eigenvalue weighted by Crippen LogP contribution is -2.46. The van der Waals surface area contributed by atoms with Crippen LogP contribution in [0.15, 0.2) is 54.2 Å². The fourth-order valence-electron chi connectivity index (χ4n) is 3.91. The Hall–Kier alpha value is -3.32. The lowest BCUT2D eigenvalue weighted by Gasteiger charge is -2.34. The average Bonchev–Trinajstić information content (AvgIpc) is 3.04. The van der Waals surface area contributed by atoms with E-state index in [1.54, 1.807) is 25.3 Å². The molecule has 2 aliphatic heterocycles. The Morgan fingerprint density at radius 3 is 2.10 bits per heavy atom. The number of rotatable bonds is 5. The van der Waals surface area contributed by atoms with Crippen molar-refractivity contribution in [3.63, 3.8) is 0 Å². The van der Waals surface area contributed by atoms with Crippen molar-refractivity contribution in [2.45, 2.75) is 0 Å². The molecule has 7 nitrogen and oxygen atoms in total. The predicted molar refractivity (Wildman–Crippen MR) is 114 cm³/mol. The molecule has 2 aromatic rings. The van der Waals surface area contributed by atoms with Gasteiger partial charge >= 0.3 is 0 Å². The summed E-state index contributed by atoms with van der Waals surface area (Å²) in [5, 5.41) is 0. The van der Waals surface area contributed by atoms with Crippen LogP contribution < -0.4 is 14.4 Å². The Morgan fingerprint density at radius 1 is 0.800 bits per heavy atom. The second-order valence-corrected chi connectivity index (χ2v) is 7.36. The molecule has 0 radical (unpaired) electrons. The van der Waals surface area contributed by atoms with Crippen LogP contribution in [0.1, 0.15) is 5.56 Å². The molecule has 0 N–H and O–H groups in total. The van der Waals surface area contributed by atoms with E-state index in [2.05, 4.69) is 11.9 Å². The fourth-order valence-corrected chi connectivity index (χ4v) is 3.91. The SMILES string of the molecule is COc1ccc(N2C(=O)C(c3ccccc3)=C(N3CCN(C)CC3)C2=O)cc1OC. The predicted octanol–water partition coefficient (Wildman–Crippen LogP) is 2.24. The number of carbonyl (C=O) groups excluding carboxylic acids is 2. The molecule has 30 heavy (non-hydrogen) atoms. The number of methoxy groups -OCH3 is 2. The molecule has 156 valence electrons. The molecule has 0 atom stereocenters. The third kappa shape index (κ3) is 3.41. The minimum atomic E-state index is -0.327. The molecule has 0 aliphatic carbocycles. The normalized spacial score (nSPS) is 17.7. The number of piperazine rings is 1. The van der Waals surface area contributed by atoms with Crippen LogP contribution >= 0.6 is 0 Å². The van der Waals surface area contributed by atoms with E-state index in [0.717, 1.165) is 18.7 Å². The fraction of sp³-hybridized carbons (Fsp3) is 0.304.